The van der Waals surface area contributed by atoms with E-state index in [-0.39, 0.29) is 0 Å². The van der Waals surface area contributed by atoms with E-state index in [1.807, 2.05) is 11.3 Å². The molecule has 2 bridgehead atoms. The second-order valence-corrected chi connectivity index (χ2v) is 6.56. The van der Waals surface area contributed by atoms with Crippen LogP contribution in [0.5, 0.6) is 0 Å². The van der Waals surface area contributed by atoms with Gasteiger partial charge in [0.1, 0.15) is 5.70 Å². The van der Waals surface area contributed by atoms with E-state index in [4.69, 9.17) is 0 Å². The Morgan fingerprint density at radius 1 is 1.14 bits per heavy atom. The van der Waals surface area contributed by atoms with Crippen molar-refractivity contribution >= 4 is 0 Å². The monoisotopic (exact) mass is 192 g/mol. The zero-order valence-electron chi connectivity index (χ0n) is 9.93. The second-order valence-electron chi connectivity index (χ2n) is 6.56. The van der Waals surface area contributed by atoms with Crippen LogP contribution in [-0.2, 0) is 0 Å². The molecule has 0 radical (unpaired) electrons. The van der Waals surface area contributed by atoms with Crippen LogP contribution in [0.4, 0.5) is 0 Å². The second kappa shape index (κ2) is 2.27. The fourth-order valence-corrected chi connectivity index (χ4v) is 4.11. The minimum atomic E-state index is 0.431. The molecule has 3 unspecified atom stereocenters. The van der Waals surface area contributed by atoms with Gasteiger partial charge in [-0.1, -0.05) is 6.92 Å². The number of quaternary nitrogens is 1. The van der Waals surface area contributed by atoms with Crippen LogP contribution in [0, 0.1) is 11.8 Å². The Labute approximate surface area is 87.4 Å². The third-order valence-corrected chi connectivity index (χ3v) is 5.05. The van der Waals surface area contributed by atoms with Crippen molar-refractivity contribution in [3.8, 4) is 0 Å². The quantitative estimate of drug-likeness (QED) is 0.518. The molecular weight excluding hydrogens is 170 g/mol. The Balaban J connectivity index is 2.10. The van der Waals surface area contributed by atoms with Gasteiger partial charge in [-0.2, -0.15) is 0 Å². The summed E-state index contributed by atoms with van der Waals surface area (Å²) in [7, 11) is 0. The molecule has 0 spiro atoms. The maximum absolute atomic E-state index is 2.46. The van der Waals surface area contributed by atoms with Gasteiger partial charge >= 0.3 is 0 Å². The van der Waals surface area contributed by atoms with Crippen molar-refractivity contribution in [2.24, 2.45) is 11.8 Å². The lowest BCUT2D eigenvalue weighted by Gasteiger charge is -2.48. The van der Waals surface area contributed by atoms with Gasteiger partial charge in [0.05, 0.1) is 18.6 Å². The zero-order valence-corrected chi connectivity index (χ0v) is 9.93. The lowest BCUT2D eigenvalue weighted by molar-refractivity contribution is -0.926. The predicted octanol–water partition coefficient (Wildman–Crippen LogP) is 2.93. The fourth-order valence-electron chi connectivity index (χ4n) is 4.11. The topological polar surface area (TPSA) is 0 Å². The normalized spacial score (nSPS) is 45.4. The van der Waals surface area contributed by atoms with Crippen LogP contribution < -0.4 is 0 Å². The average Bonchev–Trinajstić information content (AvgIpc) is 2.34. The summed E-state index contributed by atoms with van der Waals surface area (Å²) < 4.78 is 1.34. The molecule has 0 aromatic rings. The number of hydrogen-bond donors (Lipinski definition) is 0. The summed E-state index contributed by atoms with van der Waals surface area (Å²) in [6.45, 7) is 12.6. The number of fused-ring (bicyclic) bond motifs is 4. The van der Waals surface area contributed by atoms with Gasteiger partial charge in [-0.05, 0) is 32.8 Å². The largest absolute Gasteiger partial charge is 0.290 e. The molecule has 2 aliphatic heterocycles. The van der Waals surface area contributed by atoms with E-state index in [1.54, 1.807) is 0 Å². The maximum Gasteiger partial charge on any atom is 0.109 e. The van der Waals surface area contributed by atoms with Crippen molar-refractivity contribution in [2.45, 2.75) is 46.1 Å². The van der Waals surface area contributed by atoms with Crippen molar-refractivity contribution in [1.29, 1.82) is 0 Å². The van der Waals surface area contributed by atoms with E-state index in [0.29, 0.717) is 5.54 Å². The van der Waals surface area contributed by atoms with Crippen LogP contribution in [0.3, 0.4) is 0 Å². The molecule has 3 rings (SSSR count). The van der Waals surface area contributed by atoms with Gasteiger partial charge in [0.25, 0.3) is 0 Å². The number of allylic oxidation sites excluding steroid dienone is 1. The summed E-state index contributed by atoms with van der Waals surface area (Å²) in [6.07, 6.45) is 2.82. The molecule has 1 nitrogen and oxygen atoms in total. The van der Waals surface area contributed by atoms with Gasteiger partial charge in [0.15, 0.2) is 0 Å². The third kappa shape index (κ3) is 0.770. The van der Waals surface area contributed by atoms with E-state index in [2.05, 4.69) is 27.7 Å². The molecule has 3 atom stereocenters. The minimum absolute atomic E-state index is 0.431. The molecular formula is C13H22N+. The van der Waals surface area contributed by atoms with E-state index in [1.165, 1.54) is 30.4 Å². The highest BCUT2D eigenvalue weighted by atomic mass is 15.5. The minimum Gasteiger partial charge on any atom is -0.290 e. The summed E-state index contributed by atoms with van der Waals surface area (Å²) in [6, 6.07) is 0. The molecule has 1 saturated heterocycles. The van der Waals surface area contributed by atoms with Gasteiger partial charge in [0.2, 0.25) is 0 Å². The Morgan fingerprint density at radius 2 is 1.86 bits per heavy atom. The number of nitrogens with zero attached hydrogens (tertiary/aromatic N) is 1. The van der Waals surface area contributed by atoms with Crippen molar-refractivity contribution in [2.75, 3.05) is 13.1 Å². The Morgan fingerprint density at radius 3 is 2.29 bits per heavy atom. The van der Waals surface area contributed by atoms with Crippen LogP contribution in [0.15, 0.2) is 11.3 Å². The SMILES string of the molecule is CC1C[N+]2(C(C)(C)C)CC1C1=C2CC1. The molecule has 14 heavy (non-hydrogen) atoms. The molecule has 1 heteroatoms. The van der Waals surface area contributed by atoms with E-state index in [0.717, 1.165) is 11.8 Å². The van der Waals surface area contributed by atoms with Gasteiger partial charge in [-0.15, -0.1) is 0 Å². The highest BCUT2D eigenvalue weighted by Gasteiger charge is 2.62. The summed E-state index contributed by atoms with van der Waals surface area (Å²) in [5.41, 5.74) is 4.12. The maximum atomic E-state index is 2.46. The van der Waals surface area contributed by atoms with E-state index < -0.39 is 0 Å². The first-order chi connectivity index (χ1) is 6.46. The summed E-state index contributed by atoms with van der Waals surface area (Å²) in [5, 5.41) is 0. The summed E-state index contributed by atoms with van der Waals surface area (Å²) in [5.74, 6) is 1.89. The Hall–Kier alpha value is -0.300. The summed E-state index contributed by atoms with van der Waals surface area (Å²) in [4.78, 5) is 0. The third-order valence-electron chi connectivity index (χ3n) is 5.05. The number of hydrogen-bond acceptors (Lipinski definition) is 0. The molecule has 0 amide bonds. The predicted molar refractivity (Wildman–Crippen MR) is 58.7 cm³/mol. The standard InChI is InChI=1S/C13H22N/c1-9-7-14(13(2,3)4)8-11(9)10-5-6-12(10)14/h9,11H,5-8H2,1-4H3/q+1. The van der Waals surface area contributed by atoms with Crippen LogP contribution in [-0.4, -0.2) is 23.1 Å². The van der Waals surface area contributed by atoms with Crippen LogP contribution in [0.25, 0.3) is 0 Å². The molecule has 0 aromatic carbocycles. The lowest BCUT2D eigenvalue weighted by atomic mass is 9.78. The average molecular weight is 192 g/mol. The lowest BCUT2D eigenvalue weighted by Crippen LogP contribution is -2.57. The highest BCUT2D eigenvalue weighted by Crippen LogP contribution is 2.58. The van der Waals surface area contributed by atoms with Crippen molar-refractivity contribution in [1.82, 2.24) is 0 Å². The molecule has 78 valence electrons. The first-order valence-corrected chi connectivity index (χ1v) is 6.05. The first kappa shape index (κ1) is 8.96. The van der Waals surface area contributed by atoms with Crippen LogP contribution in [0.2, 0.25) is 0 Å². The van der Waals surface area contributed by atoms with Crippen molar-refractivity contribution in [3.05, 3.63) is 11.3 Å². The molecule has 0 aromatic heterocycles. The number of rotatable bonds is 0. The van der Waals surface area contributed by atoms with Gasteiger partial charge in [0, 0.05) is 18.3 Å². The van der Waals surface area contributed by atoms with E-state index >= 15 is 0 Å². The molecule has 2 heterocycles. The summed E-state index contributed by atoms with van der Waals surface area (Å²) >= 11 is 0. The molecule has 3 aliphatic rings. The van der Waals surface area contributed by atoms with Crippen LogP contribution in [0.1, 0.15) is 40.5 Å². The fraction of sp³-hybridized carbons (Fsp3) is 0.846. The Bertz CT molecular complexity index is 321. The van der Waals surface area contributed by atoms with Crippen LogP contribution >= 0.6 is 0 Å². The van der Waals surface area contributed by atoms with Crippen molar-refractivity contribution < 1.29 is 4.48 Å². The highest BCUT2D eigenvalue weighted by molar-refractivity contribution is 5.30. The first-order valence-electron chi connectivity index (χ1n) is 6.05. The molecule has 0 N–H and O–H groups in total. The molecule has 0 saturated carbocycles. The molecule has 1 fully saturated rings. The van der Waals surface area contributed by atoms with Gasteiger partial charge < -0.3 is 0 Å². The molecule has 1 aliphatic carbocycles. The zero-order chi connectivity index (χ0) is 10.1. The van der Waals surface area contributed by atoms with E-state index in [9.17, 15) is 0 Å². The smallest absolute Gasteiger partial charge is 0.109 e. The Kier molecular flexibility index (Phi) is 1.45. The van der Waals surface area contributed by atoms with Crippen molar-refractivity contribution in [3.63, 3.8) is 0 Å². The van der Waals surface area contributed by atoms with Gasteiger partial charge in [-0.25, -0.2) is 0 Å². The van der Waals surface area contributed by atoms with Gasteiger partial charge in [-0.3, -0.25) is 4.48 Å².